The van der Waals surface area contributed by atoms with Gasteiger partial charge >= 0.3 is 0 Å². The predicted octanol–water partition coefficient (Wildman–Crippen LogP) is 3.33. The van der Waals surface area contributed by atoms with E-state index in [1.165, 1.54) is 6.07 Å². The molecule has 0 amide bonds. The molecule has 0 fully saturated rings. The molecule has 23 heavy (non-hydrogen) atoms. The van der Waals surface area contributed by atoms with Gasteiger partial charge in [-0.1, -0.05) is 24.3 Å². The molecule has 0 aromatic heterocycles. The van der Waals surface area contributed by atoms with Crippen LogP contribution in [0.2, 0.25) is 0 Å². The van der Waals surface area contributed by atoms with E-state index in [-0.39, 0.29) is 28.4 Å². The molecule has 0 radical (unpaired) electrons. The Morgan fingerprint density at radius 1 is 0.870 bits per heavy atom. The topological polar surface area (TPSA) is 63.6 Å². The third kappa shape index (κ3) is 1.78. The molecule has 1 aliphatic rings. The van der Waals surface area contributed by atoms with Crippen LogP contribution in [0.1, 0.15) is 31.8 Å². The lowest BCUT2D eigenvalue weighted by Gasteiger charge is -2.20. The molecule has 1 N–H and O–H groups in total. The van der Waals surface area contributed by atoms with Crippen LogP contribution in [0.5, 0.6) is 11.5 Å². The van der Waals surface area contributed by atoms with E-state index in [4.69, 9.17) is 4.74 Å². The molecule has 0 aliphatic heterocycles. The summed E-state index contributed by atoms with van der Waals surface area (Å²) in [6.07, 6.45) is 0. The number of rotatable bonds is 1. The van der Waals surface area contributed by atoms with Crippen molar-refractivity contribution in [1.29, 1.82) is 0 Å². The summed E-state index contributed by atoms with van der Waals surface area (Å²) in [5.41, 5.74) is 0.985. The van der Waals surface area contributed by atoms with Gasteiger partial charge in [-0.05, 0) is 35.0 Å². The minimum Gasteiger partial charge on any atom is -0.507 e. The average Bonchev–Trinajstić information content (AvgIpc) is 2.58. The van der Waals surface area contributed by atoms with Crippen molar-refractivity contribution < 1.29 is 19.4 Å². The maximum atomic E-state index is 12.9. The van der Waals surface area contributed by atoms with Crippen LogP contribution >= 0.6 is 0 Å². The second kappa shape index (κ2) is 4.68. The molecule has 4 nitrogen and oxygen atoms in total. The van der Waals surface area contributed by atoms with E-state index in [0.29, 0.717) is 22.3 Å². The van der Waals surface area contributed by atoms with Crippen molar-refractivity contribution in [3.8, 4) is 11.5 Å². The first-order chi connectivity index (χ1) is 11.1. The molecule has 3 aromatic rings. The van der Waals surface area contributed by atoms with Gasteiger partial charge in [0, 0.05) is 16.7 Å². The predicted molar refractivity (Wildman–Crippen MR) is 85.5 cm³/mol. The van der Waals surface area contributed by atoms with E-state index in [9.17, 15) is 14.7 Å². The first kappa shape index (κ1) is 13.5. The van der Waals surface area contributed by atoms with Crippen LogP contribution in [0.3, 0.4) is 0 Å². The minimum atomic E-state index is -0.341. The van der Waals surface area contributed by atoms with Gasteiger partial charge in [-0.2, -0.15) is 0 Å². The summed E-state index contributed by atoms with van der Waals surface area (Å²) in [6, 6.07) is 13.4. The lowest BCUT2D eigenvalue weighted by Crippen LogP contribution is -2.21. The Balaban J connectivity index is 2.11. The van der Waals surface area contributed by atoms with Crippen LogP contribution in [0.25, 0.3) is 10.8 Å². The van der Waals surface area contributed by atoms with Crippen LogP contribution < -0.4 is 4.74 Å². The standard InChI is InChI=1S/C19H12O4/c1-23-11-7-5-10-6-8-13-16(14(10)9-11)19(22)17-12(18(13)21)3-2-4-15(17)20/h2-9,20H,1H3. The van der Waals surface area contributed by atoms with Gasteiger partial charge in [-0.25, -0.2) is 0 Å². The lowest BCUT2D eigenvalue weighted by atomic mass is 9.81. The number of aromatic hydroxyl groups is 1. The molecule has 0 saturated heterocycles. The first-order valence-electron chi connectivity index (χ1n) is 7.14. The van der Waals surface area contributed by atoms with Gasteiger partial charge in [0.2, 0.25) is 0 Å². The highest BCUT2D eigenvalue weighted by Crippen LogP contribution is 2.37. The molecule has 3 aromatic carbocycles. The summed E-state index contributed by atoms with van der Waals surface area (Å²) < 4.78 is 5.22. The molecule has 4 rings (SSSR count). The Morgan fingerprint density at radius 2 is 1.61 bits per heavy atom. The summed E-state index contributed by atoms with van der Waals surface area (Å²) in [5.74, 6) is -0.164. The van der Waals surface area contributed by atoms with Gasteiger partial charge in [0.1, 0.15) is 11.5 Å². The van der Waals surface area contributed by atoms with E-state index < -0.39 is 0 Å². The Bertz CT molecular complexity index is 1000. The van der Waals surface area contributed by atoms with Crippen molar-refractivity contribution in [2.75, 3.05) is 7.11 Å². The molecule has 0 saturated carbocycles. The molecule has 0 bridgehead atoms. The van der Waals surface area contributed by atoms with Crippen LogP contribution in [-0.4, -0.2) is 23.8 Å². The minimum absolute atomic E-state index is 0.0697. The molecular weight excluding hydrogens is 292 g/mol. The Hall–Kier alpha value is -3.14. The van der Waals surface area contributed by atoms with E-state index >= 15 is 0 Å². The number of phenolic OH excluding ortho intramolecular Hbond substituents is 1. The fraction of sp³-hybridized carbons (Fsp3) is 0.0526. The van der Waals surface area contributed by atoms with Crippen molar-refractivity contribution in [2.45, 2.75) is 0 Å². The fourth-order valence-electron chi connectivity index (χ4n) is 3.10. The number of fused-ring (bicyclic) bond motifs is 4. The second-order valence-corrected chi connectivity index (χ2v) is 5.43. The largest absolute Gasteiger partial charge is 0.507 e. The van der Waals surface area contributed by atoms with Crippen LogP contribution in [0.4, 0.5) is 0 Å². The number of methoxy groups -OCH3 is 1. The van der Waals surface area contributed by atoms with E-state index in [1.54, 1.807) is 37.4 Å². The number of hydrogen-bond acceptors (Lipinski definition) is 4. The molecule has 0 spiro atoms. The van der Waals surface area contributed by atoms with Gasteiger partial charge < -0.3 is 9.84 Å². The van der Waals surface area contributed by atoms with E-state index in [0.717, 1.165) is 5.39 Å². The first-order valence-corrected chi connectivity index (χ1v) is 7.14. The van der Waals surface area contributed by atoms with E-state index in [1.807, 2.05) is 12.1 Å². The van der Waals surface area contributed by atoms with Gasteiger partial charge in [-0.3, -0.25) is 9.59 Å². The Morgan fingerprint density at radius 3 is 2.39 bits per heavy atom. The second-order valence-electron chi connectivity index (χ2n) is 5.43. The summed E-state index contributed by atoms with van der Waals surface area (Å²) in [7, 11) is 1.55. The molecule has 0 atom stereocenters. The molecule has 4 heteroatoms. The summed E-state index contributed by atoms with van der Waals surface area (Å²) >= 11 is 0. The van der Waals surface area contributed by atoms with Crippen molar-refractivity contribution >= 4 is 22.3 Å². The van der Waals surface area contributed by atoms with Crippen molar-refractivity contribution in [3.05, 3.63) is 70.8 Å². The van der Waals surface area contributed by atoms with E-state index in [2.05, 4.69) is 0 Å². The monoisotopic (exact) mass is 304 g/mol. The number of ether oxygens (including phenoxy) is 1. The SMILES string of the molecule is COc1ccc2ccc3c(c2c1)C(=O)c1c(O)cccc1C3=O. The normalized spacial score (nSPS) is 12.9. The zero-order valence-corrected chi connectivity index (χ0v) is 12.3. The van der Waals surface area contributed by atoms with Crippen LogP contribution in [0, 0.1) is 0 Å². The number of carbonyl (C=O) groups is 2. The van der Waals surface area contributed by atoms with Crippen molar-refractivity contribution in [1.82, 2.24) is 0 Å². The Labute approximate surface area is 131 Å². The number of hydrogen-bond donors (Lipinski definition) is 1. The highest BCUT2D eigenvalue weighted by atomic mass is 16.5. The quantitative estimate of drug-likeness (QED) is 0.586. The summed E-state index contributed by atoms with van der Waals surface area (Å²) in [6.45, 7) is 0. The number of carbonyl (C=O) groups excluding carboxylic acids is 2. The number of phenols is 1. The number of ketones is 2. The van der Waals surface area contributed by atoms with Gasteiger partial charge in [0.25, 0.3) is 0 Å². The van der Waals surface area contributed by atoms with Gasteiger partial charge in [0.05, 0.1) is 12.7 Å². The van der Waals surface area contributed by atoms with Crippen molar-refractivity contribution in [2.24, 2.45) is 0 Å². The third-order valence-electron chi connectivity index (χ3n) is 4.21. The van der Waals surface area contributed by atoms with Gasteiger partial charge in [0.15, 0.2) is 11.6 Å². The maximum Gasteiger partial charge on any atom is 0.198 e. The summed E-state index contributed by atoms with van der Waals surface area (Å²) in [4.78, 5) is 25.6. The zero-order valence-electron chi connectivity index (χ0n) is 12.3. The Kier molecular flexibility index (Phi) is 2.75. The molecule has 0 heterocycles. The van der Waals surface area contributed by atoms with Crippen LogP contribution in [-0.2, 0) is 0 Å². The van der Waals surface area contributed by atoms with Crippen molar-refractivity contribution in [3.63, 3.8) is 0 Å². The lowest BCUT2D eigenvalue weighted by molar-refractivity contribution is 0.0978. The number of benzene rings is 3. The van der Waals surface area contributed by atoms with Crippen LogP contribution in [0.15, 0.2) is 48.5 Å². The molecule has 0 unspecified atom stereocenters. The molecule has 112 valence electrons. The molecular formula is C19H12O4. The highest BCUT2D eigenvalue weighted by Gasteiger charge is 2.33. The third-order valence-corrected chi connectivity index (χ3v) is 4.21. The fourth-order valence-corrected chi connectivity index (χ4v) is 3.10. The average molecular weight is 304 g/mol. The summed E-state index contributed by atoms with van der Waals surface area (Å²) in [5, 5.41) is 11.5. The smallest absolute Gasteiger partial charge is 0.198 e. The zero-order chi connectivity index (χ0) is 16.1. The maximum absolute atomic E-state index is 12.9. The molecule has 1 aliphatic carbocycles. The van der Waals surface area contributed by atoms with Gasteiger partial charge in [-0.15, -0.1) is 0 Å². The highest BCUT2D eigenvalue weighted by molar-refractivity contribution is 6.32.